The molecule has 2 unspecified atom stereocenters. The summed E-state index contributed by atoms with van der Waals surface area (Å²) in [5.41, 5.74) is 7.58. The Hall–Kier alpha value is -0.870. The van der Waals surface area contributed by atoms with Crippen LogP contribution in [0.5, 0.6) is 0 Å². The van der Waals surface area contributed by atoms with E-state index in [2.05, 4.69) is 21.5 Å². The van der Waals surface area contributed by atoms with Crippen molar-refractivity contribution in [3.8, 4) is 0 Å². The number of nitrogens with zero attached hydrogens (tertiary/aromatic N) is 3. The molecule has 0 radical (unpaired) electrons. The molecule has 1 fully saturated rings. The summed E-state index contributed by atoms with van der Waals surface area (Å²) in [6, 6.07) is 0. The maximum Gasteiger partial charge on any atom is 0.114 e. The molecule has 0 amide bonds. The Kier molecular flexibility index (Phi) is 2.92. The van der Waals surface area contributed by atoms with E-state index in [0.717, 1.165) is 19.4 Å². The molecule has 1 saturated heterocycles. The van der Waals surface area contributed by atoms with Crippen LogP contribution in [0, 0.1) is 0 Å². The molecule has 4 heteroatoms. The third-order valence-electron chi connectivity index (χ3n) is 4.16. The van der Waals surface area contributed by atoms with Crippen molar-refractivity contribution in [1.29, 1.82) is 0 Å². The fourth-order valence-electron chi connectivity index (χ4n) is 3.28. The van der Waals surface area contributed by atoms with Crippen molar-refractivity contribution in [3.05, 3.63) is 17.7 Å². The predicted molar refractivity (Wildman–Crippen MR) is 67.9 cm³/mol. The number of imidazole rings is 1. The second-order valence-electron chi connectivity index (χ2n) is 5.54. The first-order chi connectivity index (χ1) is 8.25. The lowest BCUT2D eigenvalue weighted by molar-refractivity contribution is 0.238. The third-order valence-corrected chi connectivity index (χ3v) is 4.16. The second-order valence-corrected chi connectivity index (χ2v) is 5.54. The maximum absolute atomic E-state index is 6.24. The molecule has 4 nitrogen and oxygen atoms in total. The first kappa shape index (κ1) is 11.2. The minimum atomic E-state index is 0.156. The van der Waals surface area contributed by atoms with Gasteiger partial charge in [-0.05, 0) is 45.7 Å². The van der Waals surface area contributed by atoms with Gasteiger partial charge in [-0.25, -0.2) is 4.98 Å². The van der Waals surface area contributed by atoms with E-state index in [1.165, 1.54) is 37.3 Å². The molecular formula is C13H22N4. The molecule has 0 bridgehead atoms. The van der Waals surface area contributed by atoms with Crippen LogP contribution in [-0.2, 0) is 6.42 Å². The lowest BCUT2D eigenvalue weighted by Crippen LogP contribution is -2.34. The highest BCUT2D eigenvalue weighted by atomic mass is 15.2. The van der Waals surface area contributed by atoms with Crippen molar-refractivity contribution in [2.24, 2.45) is 5.73 Å². The smallest absolute Gasteiger partial charge is 0.114 e. The van der Waals surface area contributed by atoms with Crippen molar-refractivity contribution in [3.63, 3.8) is 0 Å². The SMILES string of the molecule is CN1CCCC(c2ncc3n2C(N)CCC3)C1. The number of rotatable bonds is 1. The van der Waals surface area contributed by atoms with Crippen LogP contribution >= 0.6 is 0 Å². The predicted octanol–water partition coefficient (Wildman–Crippen LogP) is 1.49. The standard InChI is InChI=1S/C13H22N4/c1-16-7-3-4-10(9-16)13-15-8-11-5-2-6-12(14)17(11)13/h8,10,12H,2-7,9,14H2,1H3. The van der Waals surface area contributed by atoms with Gasteiger partial charge in [0.15, 0.2) is 0 Å². The van der Waals surface area contributed by atoms with Gasteiger partial charge in [0.2, 0.25) is 0 Å². The summed E-state index contributed by atoms with van der Waals surface area (Å²) in [7, 11) is 2.20. The lowest BCUT2D eigenvalue weighted by Gasteiger charge is -2.32. The molecular weight excluding hydrogens is 212 g/mol. The molecule has 0 aliphatic carbocycles. The summed E-state index contributed by atoms with van der Waals surface area (Å²) in [5.74, 6) is 1.81. The van der Waals surface area contributed by atoms with Gasteiger partial charge in [-0.1, -0.05) is 0 Å². The zero-order valence-electron chi connectivity index (χ0n) is 10.6. The minimum absolute atomic E-state index is 0.156. The van der Waals surface area contributed by atoms with E-state index in [1.54, 1.807) is 0 Å². The monoisotopic (exact) mass is 234 g/mol. The van der Waals surface area contributed by atoms with Crippen LogP contribution in [0.1, 0.15) is 49.3 Å². The fourth-order valence-corrected chi connectivity index (χ4v) is 3.28. The van der Waals surface area contributed by atoms with Crippen LogP contribution < -0.4 is 5.73 Å². The minimum Gasteiger partial charge on any atom is -0.316 e. The van der Waals surface area contributed by atoms with E-state index in [4.69, 9.17) is 5.73 Å². The van der Waals surface area contributed by atoms with Crippen LogP contribution in [-0.4, -0.2) is 34.6 Å². The molecule has 0 spiro atoms. The molecule has 17 heavy (non-hydrogen) atoms. The number of likely N-dealkylation sites (N-methyl/N-ethyl adjacent to an activating group) is 1. The van der Waals surface area contributed by atoms with E-state index < -0.39 is 0 Å². The molecule has 0 saturated carbocycles. The Morgan fingerprint density at radius 1 is 1.35 bits per heavy atom. The van der Waals surface area contributed by atoms with E-state index in [-0.39, 0.29) is 6.17 Å². The normalized spacial score (nSPS) is 30.2. The van der Waals surface area contributed by atoms with E-state index in [0.29, 0.717) is 5.92 Å². The molecule has 0 aromatic carbocycles. The van der Waals surface area contributed by atoms with Gasteiger partial charge in [-0.15, -0.1) is 0 Å². The molecule has 1 aromatic heterocycles. The van der Waals surface area contributed by atoms with Crippen LogP contribution in [0.15, 0.2) is 6.20 Å². The van der Waals surface area contributed by atoms with Crippen LogP contribution in [0.2, 0.25) is 0 Å². The van der Waals surface area contributed by atoms with Crippen molar-refractivity contribution < 1.29 is 0 Å². The van der Waals surface area contributed by atoms with E-state index >= 15 is 0 Å². The average Bonchev–Trinajstić information content (AvgIpc) is 2.74. The van der Waals surface area contributed by atoms with E-state index in [9.17, 15) is 0 Å². The van der Waals surface area contributed by atoms with Crippen LogP contribution in [0.4, 0.5) is 0 Å². The lowest BCUT2D eigenvalue weighted by atomic mass is 9.97. The first-order valence-corrected chi connectivity index (χ1v) is 6.76. The number of hydrogen-bond donors (Lipinski definition) is 1. The van der Waals surface area contributed by atoms with Crippen LogP contribution in [0.3, 0.4) is 0 Å². The summed E-state index contributed by atoms with van der Waals surface area (Å²) >= 11 is 0. The Morgan fingerprint density at radius 2 is 2.24 bits per heavy atom. The molecule has 2 aliphatic rings. The van der Waals surface area contributed by atoms with Gasteiger partial charge in [-0.2, -0.15) is 0 Å². The van der Waals surface area contributed by atoms with Crippen molar-refractivity contribution in [2.45, 2.75) is 44.2 Å². The van der Waals surface area contributed by atoms with Crippen molar-refractivity contribution in [2.75, 3.05) is 20.1 Å². The maximum atomic E-state index is 6.24. The zero-order valence-corrected chi connectivity index (χ0v) is 10.6. The van der Waals surface area contributed by atoms with Gasteiger partial charge >= 0.3 is 0 Å². The summed E-state index contributed by atoms with van der Waals surface area (Å²) in [6.07, 6.45) is 8.18. The highest BCUT2D eigenvalue weighted by Gasteiger charge is 2.27. The number of fused-ring (bicyclic) bond motifs is 1. The average molecular weight is 234 g/mol. The number of aryl methyl sites for hydroxylation is 1. The van der Waals surface area contributed by atoms with Gasteiger partial charge in [0.25, 0.3) is 0 Å². The van der Waals surface area contributed by atoms with Crippen molar-refractivity contribution >= 4 is 0 Å². The van der Waals surface area contributed by atoms with Gasteiger partial charge < -0.3 is 15.2 Å². The van der Waals surface area contributed by atoms with Crippen molar-refractivity contribution in [1.82, 2.24) is 14.5 Å². The summed E-state index contributed by atoms with van der Waals surface area (Å²) in [5, 5.41) is 0. The molecule has 2 atom stereocenters. The Balaban J connectivity index is 1.90. The highest BCUT2D eigenvalue weighted by Crippen LogP contribution is 2.31. The number of hydrogen-bond acceptors (Lipinski definition) is 3. The molecule has 3 heterocycles. The highest BCUT2D eigenvalue weighted by molar-refractivity contribution is 5.14. The molecule has 3 rings (SSSR count). The van der Waals surface area contributed by atoms with Gasteiger partial charge in [0.1, 0.15) is 5.82 Å². The second kappa shape index (κ2) is 4.42. The molecule has 2 N–H and O–H groups in total. The number of nitrogens with two attached hydrogens (primary N) is 1. The number of piperidine rings is 1. The number of likely N-dealkylation sites (tertiary alicyclic amines) is 1. The number of aromatic nitrogens is 2. The summed E-state index contributed by atoms with van der Waals surface area (Å²) in [4.78, 5) is 7.07. The Labute approximate surface area is 103 Å². The Bertz CT molecular complexity index is 398. The quantitative estimate of drug-likeness (QED) is 0.800. The van der Waals surface area contributed by atoms with Crippen LogP contribution in [0.25, 0.3) is 0 Å². The molecule has 1 aromatic rings. The van der Waals surface area contributed by atoms with Gasteiger partial charge in [0.05, 0.1) is 6.17 Å². The fraction of sp³-hybridized carbons (Fsp3) is 0.769. The molecule has 94 valence electrons. The molecule has 2 aliphatic heterocycles. The largest absolute Gasteiger partial charge is 0.316 e. The third kappa shape index (κ3) is 2.00. The first-order valence-electron chi connectivity index (χ1n) is 6.76. The Morgan fingerprint density at radius 3 is 3.06 bits per heavy atom. The van der Waals surface area contributed by atoms with E-state index in [1.807, 2.05) is 6.20 Å². The zero-order chi connectivity index (χ0) is 11.8. The summed E-state index contributed by atoms with van der Waals surface area (Å²) in [6.45, 7) is 2.35. The topological polar surface area (TPSA) is 47.1 Å². The summed E-state index contributed by atoms with van der Waals surface area (Å²) < 4.78 is 2.31. The van der Waals surface area contributed by atoms with Gasteiger partial charge in [-0.3, -0.25) is 0 Å². The van der Waals surface area contributed by atoms with Gasteiger partial charge in [0, 0.05) is 24.4 Å².